The minimum Gasteiger partial charge on any atom is -0.507 e. The van der Waals surface area contributed by atoms with Crippen LogP contribution in [-0.4, -0.2) is 42.0 Å². The van der Waals surface area contributed by atoms with Crippen molar-refractivity contribution in [3.63, 3.8) is 0 Å². The molecule has 0 bridgehead atoms. The highest BCUT2D eigenvalue weighted by molar-refractivity contribution is 7.91. The van der Waals surface area contributed by atoms with Gasteiger partial charge in [0.2, 0.25) is 5.91 Å². The van der Waals surface area contributed by atoms with E-state index in [-0.39, 0.29) is 46.8 Å². The molecule has 0 radical (unpaired) electrons. The molecule has 1 unspecified atom stereocenters. The van der Waals surface area contributed by atoms with Crippen molar-refractivity contribution < 1.29 is 28.2 Å². The first-order valence-electron chi connectivity index (χ1n) is 6.33. The number of aromatic carboxylic acids is 1. The highest BCUT2D eigenvalue weighted by Crippen LogP contribution is 2.24. The molecule has 1 atom stereocenters. The van der Waals surface area contributed by atoms with Gasteiger partial charge in [-0.25, -0.2) is 13.2 Å². The van der Waals surface area contributed by atoms with Crippen LogP contribution in [-0.2, 0) is 14.6 Å². The van der Waals surface area contributed by atoms with Crippen LogP contribution in [0.2, 0.25) is 0 Å². The maximum atomic E-state index is 11.8. The van der Waals surface area contributed by atoms with Crippen molar-refractivity contribution >= 4 is 27.4 Å². The van der Waals surface area contributed by atoms with Crippen LogP contribution in [0.15, 0.2) is 18.2 Å². The van der Waals surface area contributed by atoms with Crippen LogP contribution in [0.4, 0.5) is 5.69 Å². The Morgan fingerprint density at radius 3 is 2.62 bits per heavy atom. The number of nitrogens with one attached hydrogen (secondary N) is 1. The van der Waals surface area contributed by atoms with Gasteiger partial charge in [-0.3, -0.25) is 4.79 Å². The van der Waals surface area contributed by atoms with Crippen LogP contribution in [0.5, 0.6) is 5.75 Å². The van der Waals surface area contributed by atoms with Crippen molar-refractivity contribution in [3.8, 4) is 5.75 Å². The third kappa shape index (κ3) is 3.94. The van der Waals surface area contributed by atoms with Gasteiger partial charge in [-0.1, -0.05) is 0 Å². The Morgan fingerprint density at radius 2 is 2.05 bits per heavy atom. The van der Waals surface area contributed by atoms with Crippen LogP contribution in [0, 0.1) is 5.92 Å². The van der Waals surface area contributed by atoms with Crippen molar-refractivity contribution in [1.82, 2.24) is 0 Å². The van der Waals surface area contributed by atoms with Crippen molar-refractivity contribution in [3.05, 3.63) is 23.8 Å². The maximum Gasteiger partial charge on any atom is 0.339 e. The van der Waals surface area contributed by atoms with Gasteiger partial charge in [0, 0.05) is 12.1 Å². The zero-order valence-electron chi connectivity index (χ0n) is 11.1. The molecule has 8 heteroatoms. The first-order chi connectivity index (χ1) is 9.77. The summed E-state index contributed by atoms with van der Waals surface area (Å²) >= 11 is 0. The fourth-order valence-electron chi connectivity index (χ4n) is 2.29. The Hall–Kier alpha value is -2.09. The quantitative estimate of drug-likeness (QED) is 0.709. The molecule has 1 amide bonds. The minimum absolute atomic E-state index is 0.0103. The minimum atomic E-state index is -3.03. The first-order valence-corrected chi connectivity index (χ1v) is 8.15. The van der Waals surface area contributed by atoms with E-state index in [2.05, 4.69) is 5.32 Å². The Kier molecular flexibility index (Phi) is 4.17. The zero-order valence-corrected chi connectivity index (χ0v) is 11.9. The molecule has 7 nitrogen and oxygen atoms in total. The summed E-state index contributed by atoms with van der Waals surface area (Å²) in [6, 6.07) is 3.71. The van der Waals surface area contributed by atoms with Gasteiger partial charge in [0.1, 0.15) is 11.3 Å². The number of hydrogen-bond acceptors (Lipinski definition) is 5. The van der Waals surface area contributed by atoms with Gasteiger partial charge < -0.3 is 15.5 Å². The summed E-state index contributed by atoms with van der Waals surface area (Å²) in [6.07, 6.45) is 0.536. The number of carboxylic acids is 1. The fraction of sp³-hybridized carbons (Fsp3) is 0.385. The molecule has 1 aromatic rings. The van der Waals surface area contributed by atoms with E-state index >= 15 is 0 Å². The maximum absolute atomic E-state index is 11.8. The number of amides is 1. The van der Waals surface area contributed by atoms with Crippen LogP contribution < -0.4 is 5.32 Å². The smallest absolute Gasteiger partial charge is 0.339 e. The molecule has 1 aliphatic heterocycles. The van der Waals surface area contributed by atoms with Gasteiger partial charge in [0.25, 0.3) is 0 Å². The topological polar surface area (TPSA) is 121 Å². The molecule has 3 N–H and O–H groups in total. The molecule has 0 spiro atoms. The second-order valence-electron chi connectivity index (χ2n) is 5.06. The van der Waals surface area contributed by atoms with Gasteiger partial charge in [-0.15, -0.1) is 0 Å². The number of carbonyl (C=O) groups excluding carboxylic acids is 1. The second kappa shape index (κ2) is 5.72. The Balaban J connectivity index is 2.00. The molecule has 0 aliphatic carbocycles. The summed E-state index contributed by atoms with van der Waals surface area (Å²) in [7, 11) is -3.03. The molecular weight excluding hydrogens is 298 g/mol. The number of carboxylic acid groups (broad SMARTS) is 1. The number of carbonyl (C=O) groups is 2. The molecule has 1 saturated heterocycles. The monoisotopic (exact) mass is 313 g/mol. The van der Waals surface area contributed by atoms with E-state index in [9.17, 15) is 23.1 Å². The van der Waals surface area contributed by atoms with E-state index in [0.717, 1.165) is 6.07 Å². The van der Waals surface area contributed by atoms with Gasteiger partial charge in [0.05, 0.1) is 11.5 Å². The molecule has 0 aromatic heterocycles. The molecule has 114 valence electrons. The highest BCUT2D eigenvalue weighted by atomic mass is 32.2. The predicted molar refractivity (Wildman–Crippen MR) is 75.1 cm³/mol. The third-order valence-electron chi connectivity index (χ3n) is 3.31. The lowest BCUT2D eigenvalue weighted by Crippen LogP contribution is -2.17. The number of benzene rings is 1. The summed E-state index contributed by atoms with van der Waals surface area (Å²) in [5.41, 5.74) is -0.0627. The molecule has 21 heavy (non-hydrogen) atoms. The fourth-order valence-corrected chi connectivity index (χ4v) is 4.15. The van der Waals surface area contributed by atoms with Gasteiger partial charge in [-0.05, 0) is 30.5 Å². The number of phenols is 1. The largest absolute Gasteiger partial charge is 0.507 e. The molecule has 2 rings (SSSR count). The van der Waals surface area contributed by atoms with Crippen LogP contribution >= 0.6 is 0 Å². The van der Waals surface area contributed by atoms with Crippen molar-refractivity contribution in [1.29, 1.82) is 0 Å². The Bertz CT molecular complexity index is 682. The number of rotatable bonds is 4. The standard InChI is InChI=1S/C13H15NO6S/c15-11-2-1-9(6-10(11)13(17)18)14-12(16)5-8-3-4-21(19,20)7-8/h1-2,6,8,15H,3-5,7H2,(H,14,16)(H,17,18). The molecule has 0 saturated carbocycles. The lowest BCUT2D eigenvalue weighted by molar-refractivity contribution is -0.116. The second-order valence-corrected chi connectivity index (χ2v) is 7.29. The van der Waals surface area contributed by atoms with Crippen molar-refractivity contribution in [2.24, 2.45) is 5.92 Å². The average Bonchev–Trinajstić information content (AvgIpc) is 2.70. The van der Waals surface area contributed by atoms with E-state index in [1.54, 1.807) is 0 Å². The highest BCUT2D eigenvalue weighted by Gasteiger charge is 2.29. The molecule has 1 fully saturated rings. The third-order valence-corrected chi connectivity index (χ3v) is 5.15. The van der Waals surface area contributed by atoms with Crippen LogP contribution in [0.3, 0.4) is 0 Å². The van der Waals surface area contributed by atoms with Crippen molar-refractivity contribution in [2.75, 3.05) is 16.8 Å². The lowest BCUT2D eigenvalue weighted by Gasteiger charge is -2.09. The van der Waals surface area contributed by atoms with E-state index < -0.39 is 15.8 Å². The number of sulfone groups is 1. The van der Waals surface area contributed by atoms with E-state index in [0.29, 0.717) is 6.42 Å². The molecule has 1 aromatic carbocycles. The zero-order chi connectivity index (χ0) is 15.6. The summed E-state index contributed by atoms with van der Waals surface area (Å²) in [4.78, 5) is 22.7. The van der Waals surface area contributed by atoms with E-state index in [1.807, 2.05) is 0 Å². The van der Waals surface area contributed by atoms with E-state index in [4.69, 9.17) is 5.11 Å². The Morgan fingerprint density at radius 1 is 1.33 bits per heavy atom. The lowest BCUT2D eigenvalue weighted by atomic mass is 10.0. The predicted octanol–water partition coefficient (Wildman–Crippen LogP) is 0.854. The summed E-state index contributed by atoms with van der Waals surface area (Å²) in [5.74, 6) is -2.15. The summed E-state index contributed by atoms with van der Waals surface area (Å²) < 4.78 is 22.6. The number of hydrogen-bond donors (Lipinski definition) is 3. The first kappa shape index (κ1) is 15.3. The number of aromatic hydroxyl groups is 1. The SMILES string of the molecule is O=C(CC1CCS(=O)(=O)C1)Nc1ccc(O)c(C(=O)O)c1. The summed E-state index contributed by atoms with van der Waals surface area (Å²) in [5, 5.41) is 20.7. The molecular formula is C13H15NO6S. The van der Waals surface area contributed by atoms with Crippen LogP contribution in [0.25, 0.3) is 0 Å². The van der Waals surface area contributed by atoms with E-state index in [1.165, 1.54) is 12.1 Å². The molecule has 1 heterocycles. The van der Waals surface area contributed by atoms with Crippen LogP contribution in [0.1, 0.15) is 23.2 Å². The van der Waals surface area contributed by atoms with Gasteiger partial charge in [0.15, 0.2) is 9.84 Å². The van der Waals surface area contributed by atoms with Crippen molar-refractivity contribution in [2.45, 2.75) is 12.8 Å². The molecule has 1 aliphatic rings. The normalized spacial score (nSPS) is 20.1. The van der Waals surface area contributed by atoms with Gasteiger partial charge in [-0.2, -0.15) is 0 Å². The average molecular weight is 313 g/mol. The number of anilines is 1. The van der Waals surface area contributed by atoms with Gasteiger partial charge >= 0.3 is 5.97 Å². The summed E-state index contributed by atoms with van der Waals surface area (Å²) in [6.45, 7) is 0. The Labute approximate surface area is 121 Å².